The zero-order chi connectivity index (χ0) is 22.1. The maximum atomic E-state index is 12.3. The average molecular weight is 426 g/mol. The normalized spacial score (nSPS) is 14.1. The maximum absolute atomic E-state index is 12.3. The van der Waals surface area contributed by atoms with E-state index in [0.717, 1.165) is 44.2 Å². The van der Waals surface area contributed by atoms with Crippen LogP contribution in [-0.4, -0.2) is 30.7 Å². The summed E-state index contributed by atoms with van der Waals surface area (Å²) in [7, 11) is 0. The van der Waals surface area contributed by atoms with E-state index in [4.69, 9.17) is 9.47 Å². The molecule has 0 atom stereocenters. The Labute approximate surface area is 185 Å². The minimum atomic E-state index is -0.663. The fourth-order valence-electron chi connectivity index (χ4n) is 4.20. The summed E-state index contributed by atoms with van der Waals surface area (Å²) >= 11 is 0. The molecule has 2 aromatic rings. The largest absolute Gasteiger partial charge is 0.463 e. The number of benzene rings is 2. The monoisotopic (exact) mass is 425 g/mol. The van der Waals surface area contributed by atoms with E-state index in [1.54, 1.807) is 0 Å². The van der Waals surface area contributed by atoms with Crippen LogP contribution in [0.2, 0.25) is 0 Å². The van der Waals surface area contributed by atoms with Gasteiger partial charge in [-0.25, -0.2) is 0 Å². The van der Waals surface area contributed by atoms with Crippen molar-refractivity contribution in [1.29, 1.82) is 0 Å². The maximum Gasteiger partial charge on any atom is 0.305 e. The summed E-state index contributed by atoms with van der Waals surface area (Å²) in [6.07, 6.45) is 7.31. The van der Waals surface area contributed by atoms with Crippen molar-refractivity contribution in [2.45, 2.75) is 77.2 Å². The fourth-order valence-corrected chi connectivity index (χ4v) is 4.20. The molecule has 3 rings (SSSR count). The second-order valence-electron chi connectivity index (χ2n) is 8.64. The van der Waals surface area contributed by atoms with Gasteiger partial charge in [0.2, 0.25) is 0 Å². The van der Waals surface area contributed by atoms with Gasteiger partial charge in [0, 0.05) is 30.3 Å². The third-order valence-corrected chi connectivity index (χ3v) is 5.91. The molecular formula is C26H35NO4. The first-order chi connectivity index (χ1) is 15.1. The number of carbonyl (C=O) groups is 2. The molecule has 5 heteroatoms. The van der Waals surface area contributed by atoms with Gasteiger partial charge in [-0.3, -0.25) is 9.59 Å². The van der Waals surface area contributed by atoms with Crippen molar-refractivity contribution in [2.75, 3.05) is 18.5 Å². The molecule has 168 valence electrons. The van der Waals surface area contributed by atoms with Crippen LogP contribution in [0.25, 0.3) is 10.8 Å². The Balaban J connectivity index is 1.73. The molecule has 1 aliphatic heterocycles. The molecule has 31 heavy (non-hydrogen) atoms. The number of hydrogen-bond donors (Lipinski definition) is 1. The van der Waals surface area contributed by atoms with Crippen LogP contribution in [-0.2, 0) is 25.5 Å². The minimum Gasteiger partial charge on any atom is -0.463 e. The molecule has 5 nitrogen and oxygen atoms in total. The van der Waals surface area contributed by atoms with Crippen molar-refractivity contribution >= 4 is 28.4 Å². The van der Waals surface area contributed by atoms with E-state index in [2.05, 4.69) is 37.4 Å². The summed E-state index contributed by atoms with van der Waals surface area (Å²) < 4.78 is 11.4. The summed E-state index contributed by atoms with van der Waals surface area (Å²) in [6, 6.07) is 12.4. The third-order valence-electron chi connectivity index (χ3n) is 5.91. The zero-order valence-corrected chi connectivity index (χ0v) is 18.9. The number of hydrogen-bond acceptors (Lipinski definition) is 5. The van der Waals surface area contributed by atoms with E-state index < -0.39 is 5.54 Å². The van der Waals surface area contributed by atoms with Crippen molar-refractivity contribution < 1.29 is 19.1 Å². The van der Waals surface area contributed by atoms with Gasteiger partial charge in [0.1, 0.15) is 18.8 Å². The van der Waals surface area contributed by atoms with Crippen LogP contribution in [0.1, 0.15) is 70.8 Å². The summed E-state index contributed by atoms with van der Waals surface area (Å²) in [6.45, 7) is 4.56. The van der Waals surface area contributed by atoms with Crippen molar-refractivity contribution in [2.24, 2.45) is 0 Å². The lowest BCUT2D eigenvalue weighted by atomic mass is 9.84. The molecule has 0 bridgehead atoms. The molecule has 0 saturated heterocycles. The van der Waals surface area contributed by atoms with Gasteiger partial charge in [0.25, 0.3) is 0 Å². The lowest BCUT2D eigenvalue weighted by molar-refractivity contribution is -0.149. The van der Waals surface area contributed by atoms with E-state index in [-0.39, 0.29) is 25.2 Å². The van der Waals surface area contributed by atoms with E-state index in [1.165, 1.54) is 16.3 Å². The molecule has 1 N–H and O–H groups in total. The molecule has 0 aliphatic carbocycles. The van der Waals surface area contributed by atoms with E-state index in [0.29, 0.717) is 19.3 Å². The van der Waals surface area contributed by atoms with Crippen LogP contribution in [0.5, 0.6) is 0 Å². The van der Waals surface area contributed by atoms with Crippen LogP contribution in [0.4, 0.5) is 5.69 Å². The molecule has 0 aromatic heterocycles. The predicted octanol–water partition coefficient (Wildman–Crippen LogP) is 5.79. The lowest BCUT2D eigenvalue weighted by Crippen LogP contribution is -2.51. The SMILES string of the molecule is CCCCCC(=O)OCC1(COC(=O)CCCCC)Cc2cccc3cccc(c23)N1. The number of rotatable bonds is 12. The van der Waals surface area contributed by atoms with Gasteiger partial charge < -0.3 is 14.8 Å². The van der Waals surface area contributed by atoms with Gasteiger partial charge in [0.05, 0.1) is 0 Å². The highest BCUT2D eigenvalue weighted by Crippen LogP contribution is 2.37. The van der Waals surface area contributed by atoms with Crippen molar-refractivity contribution in [3.8, 4) is 0 Å². The number of esters is 2. The second kappa shape index (κ2) is 11.2. The number of unbranched alkanes of at least 4 members (excludes halogenated alkanes) is 4. The number of anilines is 1. The number of carbonyl (C=O) groups excluding carboxylic acids is 2. The average Bonchev–Trinajstić information content (AvgIpc) is 2.77. The second-order valence-corrected chi connectivity index (χ2v) is 8.64. The molecule has 0 radical (unpaired) electrons. The third kappa shape index (κ3) is 6.22. The summed E-state index contributed by atoms with van der Waals surface area (Å²) in [5.41, 5.74) is 1.50. The lowest BCUT2D eigenvalue weighted by Gasteiger charge is -2.39. The smallest absolute Gasteiger partial charge is 0.305 e. The first-order valence-corrected chi connectivity index (χ1v) is 11.7. The van der Waals surface area contributed by atoms with Crippen LogP contribution < -0.4 is 5.32 Å². The van der Waals surface area contributed by atoms with Crippen LogP contribution in [0.15, 0.2) is 36.4 Å². The van der Waals surface area contributed by atoms with Crippen LogP contribution in [0.3, 0.4) is 0 Å². The highest BCUT2D eigenvalue weighted by Gasteiger charge is 2.38. The predicted molar refractivity (Wildman–Crippen MR) is 124 cm³/mol. The molecule has 0 fully saturated rings. The van der Waals surface area contributed by atoms with Gasteiger partial charge in [-0.05, 0) is 29.9 Å². The van der Waals surface area contributed by atoms with E-state index in [1.807, 2.05) is 18.2 Å². The minimum absolute atomic E-state index is 0.172. The molecule has 0 amide bonds. The van der Waals surface area contributed by atoms with Crippen molar-refractivity contribution in [3.63, 3.8) is 0 Å². The summed E-state index contributed by atoms with van der Waals surface area (Å²) in [5, 5.41) is 5.92. The first kappa shape index (κ1) is 23.1. The van der Waals surface area contributed by atoms with Crippen molar-refractivity contribution in [1.82, 2.24) is 0 Å². The Morgan fingerprint density at radius 2 is 1.45 bits per heavy atom. The van der Waals surface area contributed by atoms with Crippen LogP contribution >= 0.6 is 0 Å². The standard InChI is InChI=1S/C26H35NO4/c1-3-5-7-15-23(28)30-18-26(19-31-24(29)16-8-6-4-2)17-21-13-9-11-20-12-10-14-22(27-26)25(20)21/h9-14,27H,3-8,15-19H2,1-2H3. The molecule has 0 saturated carbocycles. The molecule has 0 spiro atoms. The molecule has 0 unspecified atom stereocenters. The Morgan fingerprint density at radius 3 is 2.03 bits per heavy atom. The number of ether oxygens (including phenoxy) is 2. The molecule has 1 aliphatic rings. The summed E-state index contributed by atoms with van der Waals surface area (Å²) in [4.78, 5) is 24.6. The quantitative estimate of drug-likeness (QED) is 0.344. The van der Waals surface area contributed by atoms with Gasteiger partial charge in [-0.15, -0.1) is 0 Å². The topological polar surface area (TPSA) is 64.6 Å². The molecule has 1 heterocycles. The first-order valence-electron chi connectivity index (χ1n) is 11.7. The Morgan fingerprint density at radius 1 is 0.871 bits per heavy atom. The van der Waals surface area contributed by atoms with Gasteiger partial charge in [-0.1, -0.05) is 69.9 Å². The van der Waals surface area contributed by atoms with Gasteiger partial charge in [-0.2, -0.15) is 0 Å². The van der Waals surface area contributed by atoms with Crippen molar-refractivity contribution in [3.05, 3.63) is 42.0 Å². The van der Waals surface area contributed by atoms with Crippen LogP contribution in [0, 0.1) is 0 Å². The molecular weight excluding hydrogens is 390 g/mol. The van der Waals surface area contributed by atoms with Gasteiger partial charge in [0.15, 0.2) is 0 Å². The zero-order valence-electron chi connectivity index (χ0n) is 18.9. The highest BCUT2D eigenvalue weighted by molar-refractivity contribution is 5.98. The highest BCUT2D eigenvalue weighted by atomic mass is 16.5. The Bertz CT molecular complexity index is 823. The van der Waals surface area contributed by atoms with E-state index >= 15 is 0 Å². The van der Waals surface area contributed by atoms with Gasteiger partial charge >= 0.3 is 11.9 Å². The fraction of sp³-hybridized carbons (Fsp3) is 0.538. The van der Waals surface area contributed by atoms with E-state index in [9.17, 15) is 9.59 Å². The summed E-state index contributed by atoms with van der Waals surface area (Å²) in [5.74, 6) is -0.387. The number of nitrogens with one attached hydrogen (secondary N) is 1. The Kier molecular flexibility index (Phi) is 8.33. The Hall–Kier alpha value is -2.56. The molecule has 2 aromatic carbocycles.